The molecule has 0 bridgehead atoms. The molecule has 1 aromatic carbocycles. The molecule has 3 rings (SSSR count). The Kier molecular flexibility index (Phi) is 3.06. The lowest BCUT2D eigenvalue weighted by atomic mass is 10.0. The zero-order valence-corrected chi connectivity index (χ0v) is 10.3. The van der Waals surface area contributed by atoms with E-state index < -0.39 is 0 Å². The Hall–Kier alpha value is -1.39. The van der Waals surface area contributed by atoms with Gasteiger partial charge < -0.3 is 16.4 Å². The summed E-state index contributed by atoms with van der Waals surface area (Å²) in [5, 5.41) is 6.41. The molecule has 1 heterocycles. The van der Waals surface area contributed by atoms with E-state index in [4.69, 9.17) is 5.73 Å². The molecular weight excluding hydrogens is 226 g/mol. The first-order valence-corrected chi connectivity index (χ1v) is 6.56. The van der Waals surface area contributed by atoms with Crippen molar-refractivity contribution in [1.29, 1.82) is 0 Å². The summed E-state index contributed by atoms with van der Waals surface area (Å²) in [5.74, 6) is 1.38. The number of piperidine rings is 1. The van der Waals surface area contributed by atoms with Gasteiger partial charge in [-0.3, -0.25) is 4.79 Å². The summed E-state index contributed by atoms with van der Waals surface area (Å²) in [6.07, 6.45) is 0.368. The molecule has 1 amide bonds. The second kappa shape index (κ2) is 4.71. The monoisotopic (exact) mass is 245 g/mol. The molecule has 18 heavy (non-hydrogen) atoms. The molecule has 0 radical (unpaired) electrons. The number of rotatable bonds is 4. The van der Waals surface area contributed by atoms with Crippen molar-refractivity contribution in [2.45, 2.75) is 18.5 Å². The van der Waals surface area contributed by atoms with Gasteiger partial charge in [-0.05, 0) is 17.4 Å². The fraction of sp³-hybridized carbons (Fsp3) is 0.500. The Morgan fingerprint density at radius 3 is 2.67 bits per heavy atom. The molecule has 3 atom stereocenters. The van der Waals surface area contributed by atoms with E-state index in [9.17, 15) is 4.79 Å². The van der Waals surface area contributed by atoms with Gasteiger partial charge in [0, 0.05) is 31.6 Å². The van der Waals surface area contributed by atoms with Crippen molar-refractivity contribution >= 4 is 5.91 Å². The van der Waals surface area contributed by atoms with Gasteiger partial charge in [-0.1, -0.05) is 30.3 Å². The molecule has 4 nitrogen and oxygen atoms in total. The first-order chi connectivity index (χ1) is 8.75. The van der Waals surface area contributed by atoms with Gasteiger partial charge in [-0.15, -0.1) is 0 Å². The van der Waals surface area contributed by atoms with E-state index in [0.717, 1.165) is 18.7 Å². The van der Waals surface area contributed by atoms with Crippen LogP contribution in [0.4, 0.5) is 0 Å². The van der Waals surface area contributed by atoms with Gasteiger partial charge in [0.1, 0.15) is 0 Å². The molecular formula is C14H19N3O. The van der Waals surface area contributed by atoms with Crippen molar-refractivity contribution in [2.75, 3.05) is 13.1 Å². The largest absolute Gasteiger partial charge is 0.353 e. The molecule has 1 saturated heterocycles. The minimum absolute atomic E-state index is 0.0748. The van der Waals surface area contributed by atoms with Crippen molar-refractivity contribution in [1.82, 2.24) is 10.6 Å². The summed E-state index contributed by atoms with van der Waals surface area (Å²) in [4.78, 5) is 11.9. The van der Waals surface area contributed by atoms with Crippen molar-refractivity contribution in [3.8, 4) is 0 Å². The SMILES string of the molecule is NC(CC(=O)NC1C2CNCC21)c1ccccc1. The van der Waals surface area contributed by atoms with E-state index in [2.05, 4.69) is 10.6 Å². The molecule has 96 valence electrons. The Bertz CT molecular complexity index is 424. The normalized spacial score (nSPS) is 30.6. The summed E-state index contributed by atoms with van der Waals surface area (Å²) in [6, 6.07) is 9.97. The Morgan fingerprint density at radius 2 is 2.00 bits per heavy atom. The molecule has 0 spiro atoms. The smallest absolute Gasteiger partial charge is 0.222 e. The van der Waals surface area contributed by atoms with Crippen LogP contribution in [0.15, 0.2) is 30.3 Å². The molecule has 2 aliphatic rings. The molecule has 4 N–H and O–H groups in total. The highest BCUT2D eigenvalue weighted by atomic mass is 16.1. The number of hydrogen-bond acceptors (Lipinski definition) is 3. The minimum Gasteiger partial charge on any atom is -0.353 e. The van der Waals surface area contributed by atoms with Crippen LogP contribution in [0, 0.1) is 11.8 Å². The number of carbonyl (C=O) groups is 1. The lowest BCUT2D eigenvalue weighted by Crippen LogP contribution is -2.34. The zero-order chi connectivity index (χ0) is 12.5. The second-order valence-corrected chi connectivity index (χ2v) is 5.30. The third-order valence-electron chi connectivity index (χ3n) is 4.05. The Morgan fingerprint density at radius 1 is 1.33 bits per heavy atom. The van der Waals surface area contributed by atoms with Gasteiger partial charge in [-0.2, -0.15) is 0 Å². The number of amides is 1. The number of carbonyl (C=O) groups excluding carboxylic acids is 1. The third kappa shape index (κ3) is 2.26. The van der Waals surface area contributed by atoms with Crippen LogP contribution in [-0.4, -0.2) is 25.0 Å². The number of fused-ring (bicyclic) bond motifs is 1. The lowest BCUT2D eigenvalue weighted by Gasteiger charge is -2.13. The van der Waals surface area contributed by atoms with Crippen LogP contribution >= 0.6 is 0 Å². The highest BCUT2D eigenvalue weighted by molar-refractivity contribution is 5.77. The highest BCUT2D eigenvalue weighted by Gasteiger charge is 2.53. The fourth-order valence-corrected chi connectivity index (χ4v) is 2.90. The van der Waals surface area contributed by atoms with Crippen molar-refractivity contribution < 1.29 is 4.79 Å². The summed E-state index contributed by atoms with van der Waals surface area (Å²) >= 11 is 0. The Labute approximate surface area is 107 Å². The van der Waals surface area contributed by atoms with Gasteiger partial charge in [0.2, 0.25) is 5.91 Å². The molecule has 2 fully saturated rings. The number of nitrogens with one attached hydrogen (secondary N) is 2. The van der Waals surface area contributed by atoms with Crippen LogP contribution < -0.4 is 16.4 Å². The van der Waals surface area contributed by atoms with Gasteiger partial charge >= 0.3 is 0 Å². The summed E-state index contributed by atoms with van der Waals surface area (Å²) < 4.78 is 0. The van der Waals surface area contributed by atoms with Gasteiger partial charge in [-0.25, -0.2) is 0 Å². The van der Waals surface area contributed by atoms with E-state index in [0.29, 0.717) is 24.3 Å². The average Bonchev–Trinajstić information content (AvgIpc) is 2.83. The molecule has 4 heteroatoms. The van der Waals surface area contributed by atoms with E-state index >= 15 is 0 Å². The topological polar surface area (TPSA) is 67.2 Å². The van der Waals surface area contributed by atoms with Crippen LogP contribution in [0.5, 0.6) is 0 Å². The summed E-state index contributed by atoms with van der Waals surface area (Å²) in [6.45, 7) is 2.08. The average molecular weight is 245 g/mol. The van der Waals surface area contributed by atoms with Crippen LogP contribution in [0.1, 0.15) is 18.0 Å². The van der Waals surface area contributed by atoms with Crippen LogP contribution in [-0.2, 0) is 4.79 Å². The lowest BCUT2D eigenvalue weighted by molar-refractivity contribution is -0.121. The number of nitrogens with two attached hydrogens (primary N) is 1. The number of hydrogen-bond donors (Lipinski definition) is 3. The quantitative estimate of drug-likeness (QED) is 0.720. The maximum absolute atomic E-state index is 11.9. The first kappa shape index (κ1) is 11.7. The van der Waals surface area contributed by atoms with Crippen LogP contribution in [0.25, 0.3) is 0 Å². The second-order valence-electron chi connectivity index (χ2n) is 5.30. The van der Waals surface area contributed by atoms with Crippen molar-refractivity contribution in [2.24, 2.45) is 17.6 Å². The maximum Gasteiger partial charge on any atom is 0.222 e. The molecule has 0 aromatic heterocycles. The van der Waals surface area contributed by atoms with E-state index in [1.54, 1.807) is 0 Å². The molecule has 1 saturated carbocycles. The first-order valence-electron chi connectivity index (χ1n) is 6.56. The van der Waals surface area contributed by atoms with Gasteiger partial charge in [0.15, 0.2) is 0 Å². The van der Waals surface area contributed by atoms with E-state index in [1.165, 1.54) is 0 Å². The minimum atomic E-state index is -0.206. The predicted octanol–water partition coefficient (Wildman–Crippen LogP) is 0.411. The predicted molar refractivity (Wildman–Crippen MR) is 69.8 cm³/mol. The van der Waals surface area contributed by atoms with Crippen molar-refractivity contribution in [3.63, 3.8) is 0 Å². The standard InChI is InChI=1S/C14H19N3O/c15-12(9-4-2-1-3-5-9)6-13(18)17-14-10-7-16-8-11(10)14/h1-5,10-12,14,16H,6-8,15H2,(H,17,18). The summed E-state index contributed by atoms with van der Waals surface area (Å²) in [5.41, 5.74) is 7.05. The number of benzene rings is 1. The molecule has 3 unspecified atom stereocenters. The zero-order valence-electron chi connectivity index (χ0n) is 10.3. The molecule has 1 aliphatic heterocycles. The van der Waals surface area contributed by atoms with Crippen LogP contribution in [0.2, 0.25) is 0 Å². The summed E-state index contributed by atoms with van der Waals surface area (Å²) in [7, 11) is 0. The van der Waals surface area contributed by atoms with Crippen molar-refractivity contribution in [3.05, 3.63) is 35.9 Å². The molecule has 1 aliphatic carbocycles. The third-order valence-corrected chi connectivity index (χ3v) is 4.05. The Balaban J connectivity index is 1.49. The van der Waals surface area contributed by atoms with E-state index in [1.807, 2.05) is 30.3 Å². The maximum atomic E-state index is 11.9. The molecule has 1 aromatic rings. The highest BCUT2D eigenvalue weighted by Crippen LogP contribution is 2.41. The van der Waals surface area contributed by atoms with E-state index in [-0.39, 0.29) is 11.9 Å². The fourth-order valence-electron chi connectivity index (χ4n) is 2.90. The van der Waals surface area contributed by atoms with Crippen LogP contribution in [0.3, 0.4) is 0 Å². The van der Waals surface area contributed by atoms with Gasteiger partial charge in [0.05, 0.1) is 0 Å². The van der Waals surface area contributed by atoms with Gasteiger partial charge in [0.25, 0.3) is 0 Å².